The highest BCUT2D eigenvalue weighted by Gasteiger charge is 2.19. The maximum absolute atomic E-state index is 13.1. The molecule has 33 heavy (non-hydrogen) atoms. The molecule has 1 N–H and O–H groups in total. The number of aryl methyl sites for hydroxylation is 1. The fourth-order valence-corrected chi connectivity index (χ4v) is 3.72. The highest BCUT2D eigenvalue weighted by Crippen LogP contribution is 2.37. The Balaban J connectivity index is 2.07. The van der Waals surface area contributed by atoms with E-state index in [1.165, 1.54) is 17.8 Å². The fourth-order valence-electron chi connectivity index (χ4n) is 3.09. The van der Waals surface area contributed by atoms with Gasteiger partial charge in [-0.25, -0.2) is 9.78 Å². The van der Waals surface area contributed by atoms with Crippen molar-refractivity contribution in [2.75, 3.05) is 6.61 Å². The largest absolute Gasteiger partial charge is 0.490 e. The standard InChI is InChI=1S/C23H23BrClN3O5/c1-4-6-20-27-18-8-7-15(24)11-16(18)22(29)28(20)26-12-14-9-17(25)21(19(10-14)32-5-2)33-13(3)23(30)31/h7-13H,4-6H2,1-3H3,(H,30,31)/t13-/m1/s1. The summed E-state index contributed by atoms with van der Waals surface area (Å²) in [4.78, 5) is 28.9. The number of fused-ring (bicyclic) bond motifs is 1. The Bertz CT molecular complexity index is 1280. The van der Waals surface area contributed by atoms with Gasteiger partial charge >= 0.3 is 5.97 Å². The molecule has 0 aliphatic carbocycles. The van der Waals surface area contributed by atoms with Crippen LogP contribution in [0.5, 0.6) is 11.5 Å². The van der Waals surface area contributed by atoms with Crippen LogP contribution in [-0.4, -0.2) is 39.7 Å². The molecule has 3 rings (SSSR count). The highest BCUT2D eigenvalue weighted by atomic mass is 79.9. The van der Waals surface area contributed by atoms with Gasteiger partial charge in [0.05, 0.1) is 28.7 Å². The molecule has 0 radical (unpaired) electrons. The summed E-state index contributed by atoms with van der Waals surface area (Å²) in [5.41, 5.74) is 0.864. The van der Waals surface area contributed by atoms with Gasteiger partial charge in [-0.2, -0.15) is 9.78 Å². The minimum atomic E-state index is -1.13. The summed E-state index contributed by atoms with van der Waals surface area (Å²) in [7, 11) is 0. The van der Waals surface area contributed by atoms with E-state index in [9.17, 15) is 9.59 Å². The van der Waals surface area contributed by atoms with Gasteiger partial charge in [-0.1, -0.05) is 34.5 Å². The van der Waals surface area contributed by atoms with Crippen LogP contribution in [0.4, 0.5) is 0 Å². The fraction of sp³-hybridized carbons (Fsp3) is 0.304. The quantitative estimate of drug-likeness (QED) is 0.390. The number of nitrogens with zero attached hydrogens (tertiary/aromatic N) is 3. The molecule has 0 saturated heterocycles. The second kappa shape index (κ2) is 10.8. The smallest absolute Gasteiger partial charge is 0.344 e. The molecule has 3 aromatic rings. The van der Waals surface area contributed by atoms with E-state index in [1.807, 2.05) is 13.0 Å². The van der Waals surface area contributed by atoms with Gasteiger partial charge in [0.2, 0.25) is 0 Å². The van der Waals surface area contributed by atoms with Gasteiger partial charge < -0.3 is 14.6 Å². The lowest BCUT2D eigenvalue weighted by Crippen LogP contribution is -2.23. The summed E-state index contributed by atoms with van der Waals surface area (Å²) < 4.78 is 13.1. The van der Waals surface area contributed by atoms with E-state index in [4.69, 9.17) is 26.2 Å². The number of halogens is 2. The highest BCUT2D eigenvalue weighted by molar-refractivity contribution is 9.10. The maximum Gasteiger partial charge on any atom is 0.344 e. The number of carboxylic acid groups (broad SMARTS) is 1. The third-order valence-electron chi connectivity index (χ3n) is 4.65. The topological polar surface area (TPSA) is 103 Å². The molecule has 1 heterocycles. The number of hydrogen-bond donors (Lipinski definition) is 1. The molecule has 0 spiro atoms. The van der Waals surface area contributed by atoms with Crippen molar-refractivity contribution < 1.29 is 19.4 Å². The van der Waals surface area contributed by atoms with Crippen molar-refractivity contribution in [3.8, 4) is 11.5 Å². The predicted molar refractivity (Wildman–Crippen MR) is 131 cm³/mol. The van der Waals surface area contributed by atoms with E-state index >= 15 is 0 Å². The average Bonchev–Trinajstić information content (AvgIpc) is 2.76. The van der Waals surface area contributed by atoms with Crippen molar-refractivity contribution in [1.29, 1.82) is 0 Å². The van der Waals surface area contributed by atoms with Crippen LogP contribution in [0.2, 0.25) is 5.02 Å². The Labute approximate surface area is 203 Å². The number of rotatable bonds is 9. The lowest BCUT2D eigenvalue weighted by molar-refractivity contribution is -0.144. The second-order valence-corrected chi connectivity index (χ2v) is 8.49. The van der Waals surface area contributed by atoms with E-state index < -0.39 is 12.1 Å². The second-order valence-electron chi connectivity index (χ2n) is 7.16. The molecule has 0 bridgehead atoms. The number of ether oxygens (including phenoxy) is 2. The summed E-state index contributed by atoms with van der Waals surface area (Å²) in [6, 6.07) is 8.53. The van der Waals surface area contributed by atoms with Crippen molar-refractivity contribution in [3.05, 3.63) is 61.6 Å². The van der Waals surface area contributed by atoms with E-state index in [0.717, 1.165) is 10.9 Å². The first kappa shape index (κ1) is 24.7. The molecule has 1 atom stereocenters. The summed E-state index contributed by atoms with van der Waals surface area (Å²) in [6.07, 6.45) is 1.73. The molecule has 0 aliphatic rings. The molecule has 2 aromatic carbocycles. The van der Waals surface area contributed by atoms with Gasteiger partial charge in [0.1, 0.15) is 5.82 Å². The van der Waals surface area contributed by atoms with E-state index in [2.05, 4.69) is 26.0 Å². The Morgan fingerprint density at radius 3 is 2.76 bits per heavy atom. The molecule has 0 aliphatic heterocycles. The zero-order valence-electron chi connectivity index (χ0n) is 18.3. The number of benzene rings is 2. The van der Waals surface area contributed by atoms with Crippen molar-refractivity contribution in [2.24, 2.45) is 5.10 Å². The van der Waals surface area contributed by atoms with Crippen molar-refractivity contribution in [1.82, 2.24) is 9.66 Å². The van der Waals surface area contributed by atoms with Gasteiger partial charge in [-0.05, 0) is 56.2 Å². The number of aliphatic carboxylic acids is 1. The molecule has 0 amide bonds. The number of carbonyl (C=O) groups is 1. The van der Waals surface area contributed by atoms with Gasteiger partial charge in [-0.3, -0.25) is 4.79 Å². The van der Waals surface area contributed by atoms with Crippen molar-refractivity contribution >= 4 is 50.6 Å². The Morgan fingerprint density at radius 1 is 1.33 bits per heavy atom. The Morgan fingerprint density at radius 2 is 2.09 bits per heavy atom. The molecule has 0 fully saturated rings. The van der Waals surface area contributed by atoms with Crippen LogP contribution >= 0.6 is 27.5 Å². The first-order valence-electron chi connectivity index (χ1n) is 10.4. The van der Waals surface area contributed by atoms with Gasteiger partial charge in [0, 0.05) is 10.9 Å². The van der Waals surface area contributed by atoms with Crippen LogP contribution in [0, 0.1) is 0 Å². The number of aromatic nitrogens is 2. The van der Waals surface area contributed by atoms with Crippen LogP contribution in [0.3, 0.4) is 0 Å². The summed E-state index contributed by atoms with van der Waals surface area (Å²) >= 11 is 9.75. The normalized spacial score (nSPS) is 12.3. The first-order valence-corrected chi connectivity index (χ1v) is 11.5. The summed E-state index contributed by atoms with van der Waals surface area (Å²) in [5, 5.41) is 14.1. The van der Waals surface area contributed by atoms with E-state index in [-0.39, 0.29) is 22.1 Å². The van der Waals surface area contributed by atoms with Crippen molar-refractivity contribution in [3.63, 3.8) is 0 Å². The molecular formula is C23H23BrClN3O5. The van der Waals surface area contributed by atoms with E-state index in [1.54, 1.807) is 31.2 Å². The lowest BCUT2D eigenvalue weighted by Gasteiger charge is -2.16. The number of hydrogen-bond acceptors (Lipinski definition) is 6. The monoisotopic (exact) mass is 535 g/mol. The van der Waals surface area contributed by atoms with Crippen LogP contribution in [0.15, 0.2) is 44.7 Å². The van der Waals surface area contributed by atoms with Gasteiger partial charge in [-0.15, -0.1) is 0 Å². The summed E-state index contributed by atoms with van der Waals surface area (Å²) in [5.74, 6) is -0.176. The van der Waals surface area contributed by atoms with Gasteiger partial charge in [0.25, 0.3) is 5.56 Å². The SMILES string of the molecule is CCCc1nc2ccc(Br)cc2c(=O)n1N=Cc1cc(Cl)c(O[C@H](C)C(=O)O)c(OCC)c1. The van der Waals surface area contributed by atoms with Crippen LogP contribution in [0.25, 0.3) is 10.9 Å². The minimum Gasteiger partial charge on any atom is -0.490 e. The van der Waals surface area contributed by atoms with E-state index in [0.29, 0.717) is 35.3 Å². The first-order chi connectivity index (χ1) is 15.7. The van der Waals surface area contributed by atoms with Gasteiger partial charge in [0.15, 0.2) is 17.6 Å². The Hall–Kier alpha value is -2.91. The van der Waals surface area contributed by atoms with Crippen LogP contribution < -0.4 is 15.0 Å². The minimum absolute atomic E-state index is 0.131. The average molecular weight is 537 g/mol. The Kier molecular flexibility index (Phi) is 8.10. The van der Waals surface area contributed by atoms with Crippen molar-refractivity contribution in [2.45, 2.75) is 39.7 Å². The summed E-state index contributed by atoms with van der Waals surface area (Å²) in [6.45, 7) is 5.50. The lowest BCUT2D eigenvalue weighted by atomic mass is 10.2. The molecule has 0 saturated carbocycles. The molecule has 0 unspecified atom stereocenters. The zero-order chi connectivity index (χ0) is 24.1. The third kappa shape index (κ3) is 5.72. The zero-order valence-corrected chi connectivity index (χ0v) is 20.7. The molecule has 10 heteroatoms. The molecule has 174 valence electrons. The molecule has 8 nitrogen and oxygen atoms in total. The maximum atomic E-state index is 13.1. The molecular weight excluding hydrogens is 514 g/mol. The van der Waals surface area contributed by atoms with Crippen LogP contribution in [0.1, 0.15) is 38.6 Å². The molecule has 1 aromatic heterocycles. The van der Waals surface area contributed by atoms with Crippen LogP contribution in [-0.2, 0) is 11.2 Å². The number of carboxylic acids is 1. The third-order valence-corrected chi connectivity index (χ3v) is 5.42. The predicted octanol–water partition coefficient (Wildman–Crippen LogP) is 4.90.